The molecule has 0 heterocycles. The summed E-state index contributed by atoms with van der Waals surface area (Å²) in [7, 11) is 0. The van der Waals surface area contributed by atoms with Crippen LogP contribution in [0, 0.1) is 5.82 Å². The van der Waals surface area contributed by atoms with Crippen LogP contribution in [0.5, 0.6) is 0 Å². The highest BCUT2D eigenvalue weighted by molar-refractivity contribution is 5.88. The number of rotatable bonds is 5. The van der Waals surface area contributed by atoms with Gasteiger partial charge < -0.3 is 10.4 Å². The van der Waals surface area contributed by atoms with Crippen LogP contribution in [-0.4, -0.2) is 11.1 Å². The predicted molar refractivity (Wildman–Crippen MR) is 97.6 cm³/mol. The zero-order chi connectivity index (χ0) is 20.3. The van der Waals surface area contributed by atoms with Crippen LogP contribution in [0.1, 0.15) is 21.5 Å². The maximum atomic E-state index is 13.5. The number of carbonyl (C=O) groups is 1. The third-order valence-corrected chi connectivity index (χ3v) is 4.14. The first kappa shape index (κ1) is 19.4. The summed E-state index contributed by atoms with van der Waals surface area (Å²) < 4.78 is 53.0. The van der Waals surface area contributed by atoms with Gasteiger partial charge >= 0.3 is 12.1 Å². The minimum atomic E-state index is -4.45. The lowest BCUT2D eigenvalue weighted by molar-refractivity contribution is -0.137. The predicted octanol–water partition coefficient (Wildman–Crippen LogP) is 5.82. The third-order valence-electron chi connectivity index (χ3n) is 4.14. The first-order chi connectivity index (χ1) is 13.2. The number of carboxylic acid groups (broad SMARTS) is 1. The van der Waals surface area contributed by atoms with Crippen LogP contribution < -0.4 is 5.32 Å². The van der Waals surface area contributed by atoms with Crippen LogP contribution in [0.3, 0.4) is 0 Å². The van der Waals surface area contributed by atoms with Crippen molar-refractivity contribution in [3.05, 3.63) is 89.2 Å². The van der Waals surface area contributed by atoms with Crippen LogP contribution in [0.4, 0.5) is 23.2 Å². The summed E-state index contributed by atoms with van der Waals surface area (Å²) in [5.41, 5.74) is 0.669. The molecule has 3 aromatic carbocycles. The summed E-state index contributed by atoms with van der Waals surface area (Å²) in [5, 5.41) is 11.9. The van der Waals surface area contributed by atoms with Gasteiger partial charge in [-0.1, -0.05) is 42.5 Å². The number of hydrogen-bond donors (Lipinski definition) is 2. The van der Waals surface area contributed by atoms with Crippen LogP contribution in [0.15, 0.2) is 66.7 Å². The fraction of sp³-hybridized carbons (Fsp3) is 0.0952. The molecule has 0 amide bonds. The van der Waals surface area contributed by atoms with Crippen molar-refractivity contribution < 1.29 is 27.5 Å². The molecule has 0 saturated heterocycles. The number of aromatic carboxylic acids is 1. The molecule has 3 nitrogen and oxygen atoms in total. The molecule has 3 rings (SSSR count). The molecule has 0 unspecified atom stereocenters. The van der Waals surface area contributed by atoms with Gasteiger partial charge in [0.05, 0.1) is 11.1 Å². The van der Waals surface area contributed by atoms with Gasteiger partial charge in [0.2, 0.25) is 0 Å². The topological polar surface area (TPSA) is 49.3 Å². The van der Waals surface area contributed by atoms with Gasteiger partial charge in [-0.2, -0.15) is 13.2 Å². The smallest absolute Gasteiger partial charge is 0.417 e. The number of halogens is 4. The van der Waals surface area contributed by atoms with Gasteiger partial charge in [0.1, 0.15) is 5.82 Å². The van der Waals surface area contributed by atoms with E-state index in [1.54, 1.807) is 30.3 Å². The molecular weight excluding hydrogens is 374 g/mol. The quantitative estimate of drug-likeness (QED) is 0.541. The number of nitrogens with one attached hydrogen (secondary N) is 1. The van der Waals surface area contributed by atoms with Gasteiger partial charge in [0, 0.05) is 12.2 Å². The minimum absolute atomic E-state index is 0.0886. The molecule has 0 bridgehead atoms. The molecule has 0 aromatic heterocycles. The summed E-state index contributed by atoms with van der Waals surface area (Å²) in [4.78, 5) is 11.0. The second-order valence-corrected chi connectivity index (χ2v) is 6.13. The molecule has 0 radical (unpaired) electrons. The van der Waals surface area contributed by atoms with E-state index < -0.39 is 23.5 Å². The molecule has 28 heavy (non-hydrogen) atoms. The minimum Gasteiger partial charge on any atom is -0.478 e. The van der Waals surface area contributed by atoms with Crippen molar-refractivity contribution in [3.8, 4) is 11.1 Å². The molecular formula is C21H15F4NO2. The lowest BCUT2D eigenvalue weighted by Crippen LogP contribution is -2.07. The average Bonchev–Trinajstić information content (AvgIpc) is 2.66. The molecule has 0 fully saturated rings. The summed E-state index contributed by atoms with van der Waals surface area (Å²) >= 11 is 0. The zero-order valence-electron chi connectivity index (χ0n) is 14.4. The van der Waals surface area contributed by atoms with Crippen molar-refractivity contribution in [2.75, 3.05) is 5.32 Å². The Morgan fingerprint density at radius 1 is 0.964 bits per heavy atom. The number of benzene rings is 3. The number of hydrogen-bond acceptors (Lipinski definition) is 2. The Labute approximate surface area is 158 Å². The lowest BCUT2D eigenvalue weighted by Gasteiger charge is -2.13. The second-order valence-electron chi connectivity index (χ2n) is 6.13. The zero-order valence-corrected chi connectivity index (χ0v) is 14.4. The first-order valence-corrected chi connectivity index (χ1v) is 8.27. The molecule has 144 valence electrons. The number of alkyl halides is 3. The van der Waals surface area contributed by atoms with E-state index in [0.717, 1.165) is 17.7 Å². The molecule has 0 saturated carbocycles. The Morgan fingerprint density at radius 2 is 1.64 bits per heavy atom. The van der Waals surface area contributed by atoms with Gasteiger partial charge in [-0.3, -0.25) is 0 Å². The summed E-state index contributed by atoms with van der Waals surface area (Å²) in [6.45, 7) is 0.254. The summed E-state index contributed by atoms with van der Waals surface area (Å²) in [6, 6.07) is 15.2. The van der Waals surface area contributed by atoms with Gasteiger partial charge in [-0.15, -0.1) is 0 Å². The normalized spacial score (nSPS) is 11.3. The van der Waals surface area contributed by atoms with Crippen molar-refractivity contribution in [1.82, 2.24) is 0 Å². The second kappa shape index (κ2) is 7.72. The van der Waals surface area contributed by atoms with Crippen molar-refractivity contribution in [2.45, 2.75) is 12.7 Å². The van der Waals surface area contributed by atoms with Gasteiger partial charge in [-0.05, 0) is 41.0 Å². The van der Waals surface area contributed by atoms with Crippen LogP contribution in [0.25, 0.3) is 11.1 Å². The lowest BCUT2D eigenvalue weighted by atomic mass is 9.98. The van der Waals surface area contributed by atoms with E-state index in [1.807, 2.05) is 0 Å². The molecule has 0 spiro atoms. The maximum Gasteiger partial charge on any atom is 0.417 e. The van der Waals surface area contributed by atoms with Crippen molar-refractivity contribution in [3.63, 3.8) is 0 Å². The van der Waals surface area contributed by atoms with Crippen molar-refractivity contribution >= 4 is 11.7 Å². The Hall–Kier alpha value is -3.35. The standard InChI is InChI=1S/C21H15F4NO2/c22-16-9-15(20(27)28)10-17(11-16)26-12-13-5-7-14(8-6-13)18-3-1-2-4-19(18)21(23,24)25/h1-11,26H,12H2,(H,27,28). The first-order valence-electron chi connectivity index (χ1n) is 8.27. The van der Waals surface area contributed by atoms with Crippen LogP contribution >= 0.6 is 0 Å². The third kappa shape index (κ3) is 4.49. The van der Waals surface area contributed by atoms with Crippen molar-refractivity contribution in [1.29, 1.82) is 0 Å². The Balaban J connectivity index is 1.77. The highest BCUT2D eigenvalue weighted by atomic mass is 19.4. The van der Waals surface area contributed by atoms with E-state index in [2.05, 4.69) is 5.32 Å². The highest BCUT2D eigenvalue weighted by Gasteiger charge is 2.33. The van der Waals surface area contributed by atoms with E-state index in [-0.39, 0.29) is 17.7 Å². The largest absolute Gasteiger partial charge is 0.478 e. The van der Waals surface area contributed by atoms with Crippen LogP contribution in [0.2, 0.25) is 0 Å². The maximum absolute atomic E-state index is 13.5. The van der Waals surface area contributed by atoms with E-state index in [1.165, 1.54) is 24.3 Å². The fourth-order valence-corrected chi connectivity index (χ4v) is 2.80. The Kier molecular flexibility index (Phi) is 5.35. The molecule has 2 N–H and O–H groups in total. The van der Waals surface area contributed by atoms with Crippen molar-refractivity contribution in [2.24, 2.45) is 0 Å². The van der Waals surface area contributed by atoms with E-state index >= 15 is 0 Å². The SMILES string of the molecule is O=C(O)c1cc(F)cc(NCc2ccc(-c3ccccc3C(F)(F)F)cc2)c1. The molecule has 0 aliphatic carbocycles. The molecule has 3 aromatic rings. The van der Waals surface area contributed by atoms with Gasteiger partial charge in [-0.25, -0.2) is 9.18 Å². The van der Waals surface area contributed by atoms with Gasteiger partial charge in [0.15, 0.2) is 0 Å². The van der Waals surface area contributed by atoms with Gasteiger partial charge in [0.25, 0.3) is 0 Å². The molecule has 0 aliphatic heterocycles. The Morgan fingerprint density at radius 3 is 2.29 bits per heavy atom. The fourth-order valence-electron chi connectivity index (χ4n) is 2.80. The summed E-state index contributed by atoms with van der Waals surface area (Å²) in [5.74, 6) is -1.92. The average molecular weight is 389 g/mol. The van der Waals surface area contributed by atoms with E-state index in [4.69, 9.17) is 5.11 Å². The van der Waals surface area contributed by atoms with E-state index in [9.17, 15) is 22.4 Å². The summed E-state index contributed by atoms with van der Waals surface area (Å²) in [6.07, 6.45) is -4.45. The number of anilines is 1. The molecule has 0 aliphatic rings. The monoisotopic (exact) mass is 389 g/mol. The van der Waals surface area contributed by atoms with E-state index in [0.29, 0.717) is 11.3 Å². The molecule has 7 heteroatoms. The highest BCUT2D eigenvalue weighted by Crippen LogP contribution is 2.36. The molecule has 0 atom stereocenters. The number of carboxylic acids is 1. The van der Waals surface area contributed by atoms with Crippen LogP contribution in [-0.2, 0) is 12.7 Å². The Bertz CT molecular complexity index is 998.